The molecule has 0 bridgehead atoms. The summed E-state index contributed by atoms with van der Waals surface area (Å²) in [7, 11) is 3.27. The maximum atomic E-state index is 6.08. The van der Waals surface area contributed by atoms with Gasteiger partial charge in [0.1, 0.15) is 16.7 Å². The first-order valence-electron chi connectivity index (χ1n) is 8.90. The molecule has 2 rings (SSSR count). The summed E-state index contributed by atoms with van der Waals surface area (Å²) in [4.78, 5) is 4.05. The van der Waals surface area contributed by atoms with Crippen molar-refractivity contribution in [2.45, 2.75) is 26.2 Å². The zero-order valence-electron chi connectivity index (χ0n) is 16.3. The first-order chi connectivity index (χ1) is 13.1. The Morgan fingerprint density at radius 1 is 1.04 bits per heavy atom. The van der Waals surface area contributed by atoms with Gasteiger partial charge in [-0.05, 0) is 32.0 Å². The summed E-state index contributed by atoms with van der Waals surface area (Å²) in [6, 6.07) is 9.35. The van der Waals surface area contributed by atoms with Gasteiger partial charge in [0.25, 0.3) is 0 Å². The summed E-state index contributed by atoms with van der Waals surface area (Å²) in [6.07, 6.45) is 1.65. The molecule has 1 heterocycles. The van der Waals surface area contributed by atoms with E-state index in [0.29, 0.717) is 31.5 Å². The van der Waals surface area contributed by atoms with Crippen LogP contribution in [0.4, 0.5) is 0 Å². The molecular weight excluding hydrogens is 368 g/mol. The van der Waals surface area contributed by atoms with Crippen LogP contribution in [0, 0.1) is 0 Å². The second-order valence-electron chi connectivity index (χ2n) is 5.77. The molecule has 0 aliphatic carbocycles. The fourth-order valence-corrected chi connectivity index (χ4v) is 3.05. The summed E-state index contributed by atoms with van der Waals surface area (Å²) in [5, 5.41) is 3.80. The molecule has 148 valence electrons. The van der Waals surface area contributed by atoms with E-state index in [2.05, 4.69) is 10.3 Å². The Bertz CT molecular complexity index is 721. The number of methoxy groups -OCH3 is 2. The number of hydrogen-bond donors (Lipinski definition) is 1. The fourth-order valence-electron chi connectivity index (χ4n) is 2.88. The molecule has 6 nitrogen and oxygen atoms in total. The van der Waals surface area contributed by atoms with Crippen LogP contribution in [0.3, 0.4) is 0 Å². The highest BCUT2D eigenvalue weighted by molar-refractivity contribution is 6.29. The zero-order valence-corrected chi connectivity index (χ0v) is 17.0. The van der Waals surface area contributed by atoms with Crippen molar-refractivity contribution in [1.29, 1.82) is 0 Å². The molecule has 0 radical (unpaired) electrons. The lowest BCUT2D eigenvalue weighted by atomic mass is 10.1. The standard InChI is InChI=1S/C20H27ClN2O4/c1-5-26-20(27-6-2,16-9-10-23-19(21)11-16)14-22-13-15-7-8-17(24-3)12-18(15)25-4/h7-12,22H,5-6,13-14H2,1-4H3. The van der Waals surface area contributed by atoms with Crippen LogP contribution in [0.25, 0.3) is 0 Å². The van der Waals surface area contributed by atoms with Crippen LogP contribution >= 0.6 is 11.6 Å². The van der Waals surface area contributed by atoms with Crippen LogP contribution in [0.1, 0.15) is 25.0 Å². The second-order valence-corrected chi connectivity index (χ2v) is 6.15. The minimum atomic E-state index is -0.949. The van der Waals surface area contributed by atoms with Gasteiger partial charge in [-0.3, -0.25) is 0 Å². The highest BCUT2D eigenvalue weighted by Crippen LogP contribution is 2.29. The van der Waals surface area contributed by atoms with E-state index in [1.807, 2.05) is 38.1 Å². The monoisotopic (exact) mass is 394 g/mol. The van der Waals surface area contributed by atoms with Gasteiger partial charge in [0.2, 0.25) is 5.79 Å². The lowest BCUT2D eigenvalue weighted by Crippen LogP contribution is -2.43. The first-order valence-corrected chi connectivity index (χ1v) is 9.27. The molecule has 7 heteroatoms. The van der Waals surface area contributed by atoms with Crippen molar-refractivity contribution in [1.82, 2.24) is 10.3 Å². The highest BCUT2D eigenvalue weighted by Gasteiger charge is 2.34. The summed E-state index contributed by atoms with van der Waals surface area (Å²) in [6.45, 7) is 5.87. The number of benzene rings is 1. The summed E-state index contributed by atoms with van der Waals surface area (Å²) in [5.74, 6) is 0.558. The maximum Gasteiger partial charge on any atom is 0.207 e. The number of halogens is 1. The molecule has 0 fully saturated rings. The van der Waals surface area contributed by atoms with Crippen molar-refractivity contribution in [3.63, 3.8) is 0 Å². The highest BCUT2D eigenvalue weighted by atomic mass is 35.5. The molecule has 27 heavy (non-hydrogen) atoms. The molecule has 0 amide bonds. The third-order valence-electron chi connectivity index (χ3n) is 4.09. The summed E-state index contributed by atoms with van der Waals surface area (Å²) < 4.78 is 22.7. The zero-order chi connectivity index (χ0) is 19.7. The quantitative estimate of drug-likeness (QED) is 0.462. The summed E-state index contributed by atoms with van der Waals surface area (Å²) in [5.41, 5.74) is 1.83. The smallest absolute Gasteiger partial charge is 0.207 e. The Balaban J connectivity index is 2.19. The Morgan fingerprint density at radius 3 is 2.37 bits per heavy atom. The number of nitrogens with zero attached hydrogens (tertiary/aromatic N) is 1. The average Bonchev–Trinajstić information content (AvgIpc) is 2.68. The second kappa shape index (κ2) is 10.5. The van der Waals surface area contributed by atoms with E-state index in [4.69, 9.17) is 30.5 Å². The average molecular weight is 395 g/mol. The minimum Gasteiger partial charge on any atom is -0.497 e. The van der Waals surface area contributed by atoms with Crippen molar-refractivity contribution in [2.24, 2.45) is 0 Å². The molecule has 0 spiro atoms. The fraction of sp³-hybridized carbons (Fsp3) is 0.450. The molecule has 2 aromatic rings. The van der Waals surface area contributed by atoms with Crippen LogP contribution in [0.2, 0.25) is 5.15 Å². The van der Waals surface area contributed by atoms with Crippen molar-refractivity contribution < 1.29 is 18.9 Å². The van der Waals surface area contributed by atoms with Crippen LogP contribution in [0.5, 0.6) is 11.5 Å². The number of ether oxygens (including phenoxy) is 4. The normalized spacial score (nSPS) is 11.4. The SMILES string of the molecule is CCOC(CNCc1ccc(OC)cc1OC)(OCC)c1ccnc(Cl)c1. The van der Waals surface area contributed by atoms with Gasteiger partial charge in [0.05, 0.1) is 20.8 Å². The van der Waals surface area contributed by atoms with E-state index in [9.17, 15) is 0 Å². The van der Waals surface area contributed by atoms with Gasteiger partial charge in [0.15, 0.2) is 0 Å². The Hall–Kier alpha value is -1.86. The molecule has 1 aromatic heterocycles. The van der Waals surface area contributed by atoms with E-state index < -0.39 is 5.79 Å². The molecule has 0 atom stereocenters. The maximum absolute atomic E-state index is 6.08. The first kappa shape index (κ1) is 21.4. The van der Waals surface area contributed by atoms with Gasteiger partial charge in [-0.25, -0.2) is 4.98 Å². The predicted octanol–water partition coefficient (Wildman–Crippen LogP) is 3.77. The van der Waals surface area contributed by atoms with Crippen LogP contribution in [0.15, 0.2) is 36.5 Å². The molecule has 1 aromatic carbocycles. The van der Waals surface area contributed by atoms with E-state index in [-0.39, 0.29) is 0 Å². The van der Waals surface area contributed by atoms with E-state index in [0.717, 1.165) is 22.6 Å². The van der Waals surface area contributed by atoms with E-state index >= 15 is 0 Å². The molecule has 0 saturated heterocycles. The lowest BCUT2D eigenvalue weighted by molar-refractivity contribution is -0.239. The van der Waals surface area contributed by atoms with Crippen molar-refractivity contribution in [3.05, 3.63) is 52.8 Å². The molecule has 0 aliphatic rings. The van der Waals surface area contributed by atoms with Crippen molar-refractivity contribution in [3.8, 4) is 11.5 Å². The topological polar surface area (TPSA) is 61.8 Å². The van der Waals surface area contributed by atoms with Gasteiger partial charge in [-0.15, -0.1) is 0 Å². The largest absolute Gasteiger partial charge is 0.497 e. The van der Waals surface area contributed by atoms with Gasteiger partial charge in [-0.2, -0.15) is 0 Å². The van der Waals surface area contributed by atoms with Crippen LogP contribution in [-0.2, 0) is 21.8 Å². The Morgan fingerprint density at radius 2 is 1.78 bits per heavy atom. The van der Waals surface area contributed by atoms with Gasteiger partial charge in [0, 0.05) is 43.1 Å². The minimum absolute atomic E-state index is 0.396. The van der Waals surface area contributed by atoms with Crippen LogP contribution < -0.4 is 14.8 Å². The van der Waals surface area contributed by atoms with Gasteiger partial charge < -0.3 is 24.3 Å². The summed E-state index contributed by atoms with van der Waals surface area (Å²) >= 11 is 6.08. The van der Waals surface area contributed by atoms with Gasteiger partial charge >= 0.3 is 0 Å². The van der Waals surface area contributed by atoms with Gasteiger partial charge in [-0.1, -0.05) is 17.7 Å². The van der Waals surface area contributed by atoms with E-state index in [1.54, 1.807) is 26.5 Å². The van der Waals surface area contributed by atoms with Crippen LogP contribution in [-0.4, -0.2) is 39.0 Å². The number of hydrogen-bond acceptors (Lipinski definition) is 6. The number of nitrogens with one attached hydrogen (secondary N) is 1. The molecule has 0 aliphatic heterocycles. The number of rotatable bonds is 11. The Labute approximate surface area is 165 Å². The van der Waals surface area contributed by atoms with Crippen molar-refractivity contribution >= 4 is 11.6 Å². The predicted molar refractivity (Wildman–Crippen MR) is 105 cm³/mol. The molecular formula is C20H27ClN2O4. The molecule has 1 N–H and O–H groups in total. The van der Waals surface area contributed by atoms with E-state index in [1.165, 1.54) is 0 Å². The molecule has 0 saturated carbocycles. The lowest BCUT2D eigenvalue weighted by Gasteiger charge is -2.34. The third kappa shape index (κ3) is 5.56. The Kier molecular flexibility index (Phi) is 8.31. The number of aromatic nitrogens is 1. The number of pyridine rings is 1. The molecule has 0 unspecified atom stereocenters. The third-order valence-corrected chi connectivity index (χ3v) is 4.30. The van der Waals surface area contributed by atoms with Crippen molar-refractivity contribution in [2.75, 3.05) is 34.0 Å².